The first kappa shape index (κ1) is 22.5. The normalized spacial score (nSPS) is 11.7. The van der Waals surface area contributed by atoms with E-state index in [4.69, 9.17) is 19.0 Å². The predicted octanol–water partition coefficient (Wildman–Crippen LogP) is 5.65. The van der Waals surface area contributed by atoms with Crippen LogP contribution in [0.25, 0.3) is 11.6 Å². The topological polar surface area (TPSA) is 92.7 Å². The van der Waals surface area contributed by atoms with Crippen molar-refractivity contribution in [1.82, 2.24) is 0 Å². The van der Waals surface area contributed by atoms with E-state index < -0.39 is 17.7 Å². The Balaban J connectivity index is 1.83. The summed E-state index contributed by atoms with van der Waals surface area (Å²) in [6, 6.07) is 13.9. The molecule has 3 rings (SSSR count). The molecule has 1 heterocycles. The quantitative estimate of drug-likeness (QED) is 0.375. The van der Waals surface area contributed by atoms with Gasteiger partial charge in [0.25, 0.3) is 0 Å². The van der Waals surface area contributed by atoms with Crippen LogP contribution in [0.4, 0.5) is 13.2 Å². The molecule has 0 aliphatic heterocycles. The molecule has 0 fully saturated rings. The molecule has 0 spiro atoms. The highest BCUT2D eigenvalue weighted by Gasteiger charge is 2.30. The van der Waals surface area contributed by atoms with Crippen LogP contribution in [0.2, 0.25) is 0 Å². The van der Waals surface area contributed by atoms with Crippen LogP contribution in [-0.2, 0) is 12.8 Å². The van der Waals surface area contributed by atoms with Gasteiger partial charge in [-0.05, 0) is 53.6 Å². The monoisotopic (exact) mass is 443 g/mol. The molecule has 0 saturated carbocycles. The summed E-state index contributed by atoms with van der Waals surface area (Å²) in [5.41, 5.74) is -0.159. The number of hydrogen-bond acceptors (Lipinski definition) is 5. The van der Waals surface area contributed by atoms with Gasteiger partial charge in [-0.1, -0.05) is 18.2 Å². The molecule has 1 N–H and O–H groups in total. The molecular weight excluding hydrogens is 427 g/mol. The lowest BCUT2D eigenvalue weighted by Gasteiger charge is -2.11. The van der Waals surface area contributed by atoms with Crippen LogP contribution in [-0.4, -0.2) is 18.2 Å². The molecule has 1 aromatic heterocycles. The molecule has 9 heteroatoms. The molecule has 0 bridgehead atoms. The fourth-order valence-electron chi connectivity index (χ4n) is 2.82. The molecule has 32 heavy (non-hydrogen) atoms. The average molecular weight is 443 g/mol. The maximum Gasteiger partial charge on any atom is 0.416 e. The summed E-state index contributed by atoms with van der Waals surface area (Å²) < 4.78 is 54.9. The lowest BCUT2D eigenvalue weighted by molar-refractivity contribution is -0.137. The number of methoxy groups -OCH3 is 1. The molecule has 164 valence electrons. The van der Waals surface area contributed by atoms with Crippen LogP contribution in [0.15, 0.2) is 59.0 Å². The minimum Gasteiger partial charge on any atom is -0.493 e. The molecule has 0 radical (unpaired) electrons. The Labute approximate surface area is 180 Å². The summed E-state index contributed by atoms with van der Waals surface area (Å²) in [4.78, 5) is 10.9. The molecular formula is C23H16F3NO5. The summed E-state index contributed by atoms with van der Waals surface area (Å²) in [6.45, 7) is -0.0491. The Bertz CT molecular complexity index is 1200. The van der Waals surface area contributed by atoms with Crippen molar-refractivity contribution < 1.29 is 37.0 Å². The number of furan rings is 1. The van der Waals surface area contributed by atoms with E-state index in [0.717, 1.165) is 12.1 Å². The average Bonchev–Trinajstić information content (AvgIpc) is 3.25. The maximum atomic E-state index is 13.0. The maximum absolute atomic E-state index is 13.0. The van der Waals surface area contributed by atoms with Gasteiger partial charge in [-0.3, -0.25) is 0 Å². The van der Waals surface area contributed by atoms with Crippen molar-refractivity contribution in [1.29, 1.82) is 5.26 Å². The highest BCUT2D eigenvalue weighted by Crippen LogP contribution is 2.33. The van der Waals surface area contributed by atoms with E-state index in [0.29, 0.717) is 22.8 Å². The number of hydrogen-bond donors (Lipinski definition) is 1. The van der Waals surface area contributed by atoms with Gasteiger partial charge < -0.3 is 19.0 Å². The smallest absolute Gasteiger partial charge is 0.416 e. The Morgan fingerprint density at radius 1 is 1.16 bits per heavy atom. The van der Waals surface area contributed by atoms with Gasteiger partial charge in [-0.15, -0.1) is 0 Å². The van der Waals surface area contributed by atoms with E-state index in [1.54, 1.807) is 18.2 Å². The number of ether oxygens (including phenoxy) is 2. The van der Waals surface area contributed by atoms with Crippen LogP contribution in [0.5, 0.6) is 11.5 Å². The predicted molar refractivity (Wildman–Crippen MR) is 108 cm³/mol. The third-order valence-electron chi connectivity index (χ3n) is 4.36. The third kappa shape index (κ3) is 5.29. The number of carboxylic acid groups (broad SMARTS) is 1. The van der Waals surface area contributed by atoms with Crippen LogP contribution < -0.4 is 9.47 Å². The second-order valence-corrected chi connectivity index (χ2v) is 6.52. The molecule has 0 aliphatic carbocycles. The highest BCUT2D eigenvalue weighted by molar-refractivity contribution is 5.90. The zero-order chi connectivity index (χ0) is 23.3. The summed E-state index contributed by atoms with van der Waals surface area (Å²) in [5.74, 6) is -0.473. The van der Waals surface area contributed by atoms with Crippen molar-refractivity contribution in [2.75, 3.05) is 7.11 Å². The van der Waals surface area contributed by atoms with Gasteiger partial charge in [0.15, 0.2) is 11.5 Å². The van der Waals surface area contributed by atoms with Crippen molar-refractivity contribution in [3.63, 3.8) is 0 Å². The van der Waals surface area contributed by atoms with Crippen molar-refractivity contribution in [2.45, 2.75) is 12.8 Å². The zero-order valence-corrected chi connectivity index (χ0v) is 16.6. The SMILES string of the molecule is COc1cc(/C=C(/C#N)c2cccc(C(F)(F)F)c2)ccc1OCc1ccc(C(=O)O)o1. The number of aromatic carboxylic acids is 1. The number of nitrogens with zero attached hydrogens (tertiary/aromatic N) is 1. The number of carboxylic acids is 1. The van der Waals surface area contributed by atoms with Crippen LogP contribution in [0.1, 0.15) is 33.0 Å². The van der Waals surface area contributed by atoms with Crippen molar-refractivity contribution in [3.8, 4) is 17.6 Å². The third-order valence-corrected chi connectivity index (χ3v) is 4.36. The summed E-state index contributed by atoms with van der Waals surface area (Å²) >= 11 is 0. The van der Waals surface area contributed by atoms with E-state index in [1.165, 1.54) is 37.5 Å². The van der Waals surface area contributed by atoms with Gasteiger partial charge in [-0.2, -0.15) is 18.4 Å². The van der Waals surface area contributed by atoms with E-state index in [9.17, 15) is 23.2 Å². The summed E-state index contributed by atoms with van der Waals surface area (Å²) in [6.07, 6.45) is -3.08. The van der Waals surface area contributed by atoms with Crippen molar-refractivity contribution >= 4 is 17.6 Å². The summed E-state index contributed by atoms with van der Waals surface area (Å²) in [5, 5.41) is 18.3. The molecule has 0 atom stereocenters. The molecule has 0 amide bonds. The molecule has 0 aliphatic rings. The zero-order valence-electron chi connectivity index (χ0n) is 16.6. The molecule has 3 aromatic rings. The van der Waals surface area contributed by atoms with Gasteiger partial charge in [0.05, 0.1) is 24.3 Å². The number of alkyl halides is 3. The Morgan fingerprint density at radius 3 is 2.56 bits per heavy atom. The standard InChI is InChI=1S/C23H16F3NO5/c1-30-21-10-14(5-7-19(21)31-13-18-6-8-20(32-18)22(28)29)9-16(12-27)15-3-2-4-17(11-15)23(24,25)26/h2-11H,13H2,1H3,(H,28,29)/b16-9-. The number of benzene rings is 2. The fraction of sp³-hybridized carbons (Fsp3) is 0.130. The largest absolute Gasteiger partial charge is 0.493 e. The lowest BCUT2D eigenvalue weighted by atomic mass is 10.0. The number of rotatable bonds is 7. The lowest BCUT2D eigenvalue weighted by Crippen LogP contribution is -2.04. The minimum atomic E-state index is -4.52. The van der Waals surface area contributed by atoms with E-state index in [1.807, 2.05) is 6.07 Å². The molecule has 0 unspecified atom stereocenters. The van der Waals surface area contributed by atoms with Gasteiger partial charge >= 0.3 is 12.1 Å². The van der Waals surface area contributed by atoms with Gasteiger partial charge in [-0.25, -0.2) is 4.79 Å². The van der Waals surface area contributed by atoms with Crippen LogP contribution >= 0.6 is 0 Å². The first-order valence-electron chi connectivity index (χ1n) is 9.13. The van der Waals surface area contributed by atoms with E-state index >= 15 is 0 Å². The number of halogens is 3. The summed E-state index contributed by atoms with van der Waals surface area (Å²) in [7, 11) is 1.41. The fourth-order valence-corrected chi connectivity index (χ4v) is 2.82. The van der Waals surface area contributed by atoms with Gasteiger partial charge in [0, 0.05) is 0 Å². The van der Waals surface area contributed by atoms with Crippen LogP contribution in [0.3, 0.4) is 0 Å². The number of allylic oxidation sites excluding steroid dienone is 1. The Kier molecular flexibility index (Phi) is 6.54. The first-order chi connectivity index (χ1) is 15.2. The van der Waals surface area contributed by atoms with Crippen molar-refractivity contribution in [2.24, 2.45) is 0 Å². The van der Waals surface area contributed by atoms with Crippen LogP contribution in [0, 0.1) is 11.3 Å². The van der Waals surface area contributed by atoms with E-state index in [2.05, 4.69) is 0 Å². The Morgan fingerprint density at radius 2 is 1.94 bits per heavy atom. The second kappa shape index (κ2) is 9.31. The molecule has 2 aromatic carbocycles. The number of nitriles is 1. The highest BCUT2D eigenvalue weighted by atomic mass is 19.4. The second-order valence-electron chi connectivity index (χ2n) is 6.52. The number of carbonyl (C=O) groups is 1. The first-order valence-corrected chi connectivity index (χ1v) is 9.13. The molecule has 6 nitrogen and oxygen atoms in total. The van der Waals surface area contributed by atoms with Crippen molar-refractivity contribution in [3.05, 3.63) is 82.8 Å². The van der Waals surface area contributed by atoms with Gasteiger partial charge in [0.2, 0.25) is 5.76 Å². The Hall–Kier alpha value is -4.19. The molecule has 0 saturated heterocycles. The van der Waals surface area contributed by atoms with Gasteiger partial charge in [0.1, 0.15) is 12.4 Å². The minimum absolute atomic E-state index is 0.0450. The van der Waals surface area contributed by atoms with E-state index in [-0.39, 0.29) is 23.5 Å².